The third-order valence-electron chi connectivity index (χ3n) is 3.17. The first-order chi connectivity index (χ1) is 8.02. The third kappa shape index (κ3) is 2.06. The first-order valence-electron chi connectivity index (χ1n) is 5.82. The summed E-state index contributed by atoms with van der Waals surface area (Å²) in [4.78, 5) is 0. The second-order valence-corrected chi connectivity index (χ2v) is 4.35. The average molecular weight is 244 g/mol. The number of unbranched alkanes of at least 4 members (excludes halogenated alkanes) is 1. The number of alkyl halides is 3. The molecule has 1 fully saturated rings. The molecule has 1 aromatic carbocycles. The molecule has 0 aliphatic carbocycles. The molecule has 1 heterocycles. The molecule has 1 saturated heterocycles. The van der Waals surface area contributed by atoms with Gasteiger partial charge in [-0.15, -0.1) is 0 Å². The Balaban J connectivity index is 2.24. The maximum absolute atomic E-state index is 13.1. The van der Waals surface area contributed by atoms with Crippen LogP contribution in [-0.2, 0) is 10.3 Å². The van der Waals surface area contributed by atoms with Gasteiger partial charge >= 0.3 is 6.18 Å². The van der Waals surface area contributed by atoms with Gasteiger partial charge in [-0.3, -0.25) is 0 Å². The number of hydrogen-bond acceptors (Lipinski definition) is 1. The molecule has 1 nitrogen and oxygen atoms in total. The summed E-state index contributed by atoms with van der Waals surface area (Å²) in [5, 5.41) is 0. The van der Waals surface area contributed by atoms with Crippen LogP contribution < -0.4 is 0 Å². The molecule has 17 heavy (non-hydrogen) atoms. The summed E-state index contributed by atoms with van der Waals surface area (Å²) in [6, 6.07) is 7.90. The topological polar surface area (TPSA) is 12.5 Å². The summed E-state index contributed by atoms with van der Waals surface area (Å²) in [6.07, 6.45) is -2.96. The Hall–Kier alpha value is -1.03. The van der Waals surface area contributed by atoms with E-state index in [-0.39, 0.29) is 5.56 Å². The summed E-state index contributed by atoms with van der Waals surface area (Å²) in [6.45, 7) is 1.96. The Labute approximate surface area is 98.6 Å². The van der Waals surface area contributed by atoms with Crippen LogP contribution in [0.3, 0.4) is 0 Å². The largest absolute Gasteiger partial charge is 0.424 e. The van der Waals surface area contributed by atoms with E-state index in [2.05, 4.69) is 0 Å². The van der Waals surface area contributed by atoms with Crippen LogP contribution in [0.4, 0.5) is 13.2 Å². The summed E-state index contributed by atoms with van der Waals surface area (Å²) < 4.78 is 44.4. The summed E-state index contributed by atoms with van der Waals surface area (Å²) in [7, 11) is 0. The number of ether oxygens (including phenoxy) is 1. The molecule has 2 rings (SSSR count). The predicted molar refractivity (Wildman–Crippen MR) is 58.6 cm³/mol. The molecule has 0 unspecified atom stereocenters. The van der Waals surface area contributed by atoms with E-state index < -0.39 is 17.9 Å². The Bertz CT molecular complexity index is 374. The predicted octanol–water partition coefficient (Wildman–Crippen LogP) is 4.03. The van der Waals surface area contributed by atoms with E-state index in [1.54, 1.807) is 18.2 Å². The van der Waals surface area contributed by atoms with Crippen LogP contribution in [0, 0.1) is 0 Å². The smallest absolute Gasteiger partial charge is 0.352 e. The van der Waals surface area contributed by atoms with Crippen molar-refractivity contribution >= 4 is 0 Å². The molecule has 1 aliphatic heterocycles. The highest BCUT2D eigenvalue weighted by molar-refractivity contribution is 5.31. The zero-order valence-corrected chi connectivity index (χ0v) is 9.63. The van der Waals surface area contributed by atoms with Gasteiger partial charge in [-0.1, -0.05) is 50.1 Å². The van der Waals surface area contributed by atoms with Crippen LogP contribution >= 0.6 is 0 Å². The van der Waals surface area contributed by atoms with Gasteiger partial charge in [0.05, 0.1) is 0 Å². The minimum absolute atomic E-state index is 0.216. The van der Waals surface area contributed by atoms with E-state index in [1.165, 1.54) is 12.1 Å². The quantitative estimate of drug-likeness (QED) is 0.728. The minimum Gasteiger partial charge on any atom is -0.352 e. The zero-order valence-electron chi connectivity index (χ0n) is 9.63. The van der Waals surface area contributed by atoms with Gasteiger partial charge in [-0.2, -0.15) is 13.2 Å². The van der Waals surface area contributed by atoms with Gasteiger partial charge in [-0.05, 0) is 12.0 Å². The number of benzene rings is 1. The Morgan fingerprint density at radius 2 is 1.88 bits per heavy atom. The summed E-state index contributed by atoms with van der Waals surface area (Å²) >= 11 is 0. The number of epoxide rings is 1. The molecule has 0 aromatic heterocycles. The maximum atomic E-state index is 13.1. The highest BCUT2D eigenvalue weighted by Crippen LogP contribution is 2.58. The van der Waals surface area contributed by atoms with Gasteiger partial charge in [0.2, 0.25) is 5.60 Å². The molecule has 1 aromatic rings. The van der Waals surface area contributed by atoms with E-state index in [1.807, 2.05) is 6.92 Å². The molecule has 0 saturated carbocycles. The SMILES string of the molecule is CCCC[C@H]1O[C@]1(c1ccccc1)C(F)(F)F. The van der Waals surface area contributed by atoms with Crippen LogP contribution in [0.2, 0.25) is 0 Å². The first-order valence-corrected chi connectivity index (χ1v) is 5.82. The molecule has 0 radical (unpaired) electrons. The molecular formula is C13H15F3O. The van der Waals surface area contributed by atoms with E-state index in [4.69, 9.17) is 4.74 Å². The van der Waals surface area contributed by atoms with Gasteiger partial charge in [0.1, 0.15) is 6.10 Å². The fourth-order valence-corrected chi connectivity index (χ4v) is 2.19. The van der Waals surface area contributed by atoms with Crippen molar-refractivity contribution in [2.45, 2.75) is 44.1 Å². The fourth-order valence-electron chi connectivity index (χ4n) is 2.19. The third-order valence-corrected chi connectivity index (χ3v) is 3.17. The Kier molecular flexibility index (Phi) is 3.17. The molecule has 0 bridgehead atoms. The monoisotopic (exact) mass is 244 g/mol. The van der Waals surface area contributed by atoms with Gasteiger partial charge in [0.25, 0.3) is 0 Å². The highest BCUT2D eigenvalue weighted by atomic mass is 19.4. The lowest BCUT2D eigenvalue weighted by Gasteiger charge is -2.17. The van der Waals surface area contributed by atoms with Crippen LogP contribution in [-0.4, -0.2) is 12.3 Å². The number of hydrogen-bond donors (Lipinski definition) is 0. The lowest BCUT2D eigenvalue weighted by Crippen LogP contribution is -2.32. The standard InChI is InChI=1S/C13H15F3O/c1-2-3-9-11-12(17-11,13(14,15)16)10-7-5-4-6-8-10/h4-8,11H,2-3,9H2,1H3/t11-,12+/m1/s1. The van der Waals surface area contributed by atoms with Crippen molar-refractivity contribution in [1.82, 2.24) is 0 Å². The molecular weight excluding hydrogens is 229 g/mol. The normalized spacial score (nSPS) is 28.1. The molecule has 94 valence electrons. The van der Waals surface area contributed by atoms with E-state index in [0.717, 1.165) is 12.8 Å². The average Bonchev–Trinajstić information content (AvgIpc) is 3.03. The number of rotatable bonds is 4. The molecule has 2 atom stereocenters. The molecule has 1 aliphatic rings. The second-order valence-electron chi connectivity index (χ2n) is 4.35. The molecule has 0 N–H and O–H groups in total. The van der Waals surface area contributed by atoms with Crippen molar-refractivity contribution in [3.8, 4) is 0 Å². The molecule has 0 spiro atoms. The Morgan fingerprint density at radius 1 is 1.24 bits per heavy atom. The van der Waals surface area contributed by atoms with Crippen LogP contribution in [0.1, 0.15) is 31.7 Å². The summed E-state index contributed by atoms with van der Waals surface area (Å²) in [5.74, 6) is 0. The van der Waals surface area contributed by atoms with Gasteiger partial charge in [0.15, 0.2) is 0 Å². The Morgan fingerprint density at radius 3 is 2.41 bits per heavy atom. The van der Waals surface area contributed by atoms with Gasteiger partial charge < -0.3 is 4.74 Å². The van der Waals surface area contributed by atoms with Crippen molar-refractivity contribution in [2.24, 2.45) is 0 Å². The van der Waals surface area contributed by atoms with Crippen LogP contribution in [0.15, 0.2) is 30.3 Å². The minimum atomic E-state index is -4.34. The van der Waals surface area contributed by atoms with Crippen LogP contribution in [0.5, 0.6) is 0 Å². The maximum Gasteiger partial charge on any atom is 0.424 e. The zero-order chi connectivity index (χ0) is 12.5. The summed E-state index contributed by atoms with van der Waals surface area (Å²) in [5.41, 5.74) is -1.84. The first kappa shape index (κ1) is 12.4. The highest BCUT2D eigenvalue weighted by Gasteiger charge is 2.73. The van der Waals surface area contributed by atoms with Crippen molar-refractivity contribution in [3.05, 3.63) is 35.9 Å². The molecule has 0 amide bonds. The number of halogens is 3. The fraction of sp³-hybridized carbons (Fsp3) is 0.538. The van der Waals surface area contributed by atoms with Gasteiger partial charge in [-0.25, -0.2) is 0 Å². The lowest BCUT2D eigenvalue weighted by atomic mass is 9.92. The van der Waals surface area contributed by atoms with Gasteiger partial charge in [0, 0.05) is 0 Å². The van der Waals surface area contributed by atoms with Crippen molar-refractivity contribution in [3.63, 3.8) is 0 Å². The van der Waals surface area contributed by atoms with Crippen molar-refractivity contribution in [1.29, 1.82) is 0 Å². The second kappa shape index (κ2) is 4.33. The van der Waals surface area contributed by atoms with E-state index in [9.17, 15) is 13.2 Å². The van der Waals surface area contributed by atoms with Crippen molar-refractivity contribution < 1.29 is 17.9 Å². The van der Waals surface area contributed by atoms with Crippen molar-refractivity contribution in [2.75, 3.05) is 0 Å². The van der Waals surface area contributed by atoms with E-state index >= 15 is 0 Å². The lowest BCUT2D eigenvalue weighted by molar-refractivity contribution is -0.187. The molecule has 4 heteroatoms. The van der Waals surface area contributed by atoms with E-state index in [0.29, 0.717) is 6.42 Å². The van der Waals surface area contributed by atoms with Crippen LogP contribution in [0.25, 0.3) is 0 Å².